The van der Waals surface area contributed by atoms with Gasteiger partial charge in [0.2, 0.25) is 5.91 Å². The zero-order valence-corrected chi connectivity index (χ0v) is 9.31. The minimum Gasteiger partial charge on any atom is -0.340 e. The first-order valence-electron chi connectivity index (χ1n) is 5.89. The van der Waals surface area contributed by atoms with Crippen LogP contribution >= 0.6 is 0 Å². The highest BCUT2D eigenvalue weighted by Gasteiger charge is 2.50. The average molecular weight is 209 g/mol. The molecule has 0 unspecified atom stereocenters. The van der Waals surface area contributed by atoms with Crippen molar-refractivity contribution in [1.82, 2.24) is 15.5 Å². The van der Waals surface area contributed by atoms with Crippen LogP contribution in [0, 0.1) is 5.41 Å². The highest BCUT2D eigenvalue weighted by Crippen LogP contribution is 2.37. The standard InChI is InChI=1S/C11H19N3O/c1-10(6-13-10)9(15)14-5-3-11(8-14)2-4-12-7-11/h12-13H,2-8H2,1H3/t10-,11+/m1/s1. The molecule has 3 saturated heterocycles. The molecule has 0 aromatic heterocycles. The molecule has 3 heterocycles. The number of amides is 1. The fourth-order valence-corrected chi connectivity index (χ4v) is 2.89. The van der Waals surface area contributed by atoms with Gasteiger partial charge < -0.3 is 15.5 Å². The molecule has 0 aromatic rings. The van der Waals surface area contributed by atoms with Crippen LogP contribution in [-0.2, 0) is 4.79 Å². The zero-order valence-electron chi connectivity index (χ0n) is 9.31. The quantitative estimate of drug-likeness (QED) is 0.576. The van der Waals surface area contributed by atoms with Crippen LogP contribution in [0.15, 0.2) is 0 Å². The molecule has 84 valence electrons. The van der Waals surface area contributed by atoms with Gasteiger partial charge in [0.1, 0.15) is 5.54 Å². The third kappa shape index (κ3) is 1.47. The minimum absolute atomic E-state index is 0.225. The lowest BCUT2D eigenvalue weighted by atomic mass is 9.86. The molecule has 0 saturated carbocycles. The van der Waals surface area contributed by atoms with Gasteiger partial charge in [0, 0.05) is 31.6 Å². The molecule has 1 spiro atoms. The van der Waals surface area contributed by atoms with Crippen LogP contribution in [-0.4, -0.2) is 49.1 Å². The molecule has 0 radical (unpaired) electrons. The highest BCUT2D eigenvalue weighted by molar-refractivity contribution is 5.89. The number of nitrogens with zero attached hydrogens (tertiary/aromatic N) is 1. The predicted octanol–water partition coefficient (Wildman–Crippen LogP) is -0.440. The molecule has 0 bridgehead atoms. The normalized spacial score (nSPS) is 43.9. The summed E-state index contributed by atoms with van der Waals surface area (Å²) in [5, 5.41) is 6.57. The first kappa shape index (κ1) is 9.60. The van der Waals surface area contributed by atoms with Crippen LogP contribution in [0.3, 0.4) is 0 Å². The van der Waals surface area contributed by atoms with Crippen molar-refractivity contribution in [1.29, 1.82) is 0 Å². The summed E-state index contributed by atoms with van der Waals surface area (Å²) in [6, 6.07) is 0. The van der Waals surface area contributed by atoms with E-state index in [0.29, 0.717) is 11.3 Å². The second kappa shape index (κ2) is 2.95. The Morgan fingerprint density at radius 2 is 2.13 bits per heavy atom. The van der Waals surface area contributed by atoms with E-state index in [2.05, 4.69) is 15.5 Å². The molecule has 2 atom stereocenters. The van der Waals surface area contributed by atoms with Crippen molar-refractivity contribution in [2.24, 2.45) is 5.41 Å². The number of hydrogen-bond donors (Lipinski definition) is 2. The van der Waals surface area contributed by atoms with E-state index in [1.807, 2.05) is 6.92 Å². The van der Waals surface area contributed by atoms with Crippen molar-refractivity contribution in [2.45, 2.75) is 25.3 Å². The monoisotopic (exact) mass is 209 g/mol. The number of carbonyl (C=O) groups is 1. The van der Waals surface area contributed by atoms with Crippen LogP contribution in [0.4, 0.5) is 0 Å². The van der Waals surface area contributed by atoms with Gasteiger partial charge in [-0.25, -0.2) is 0 Å². The molecular formula is C11H19N3O. The second-order valence-electron chi connectivity index (χ2n) is 5.59. The largest absolute Gasteiger partial charge is 0.340 e. The summed E-state index contributed by atoms with van der Waals surface area (Å²) in [4.78, 5) is 14.2. The van der Waals surface area contributed by atoms with Crippen molar-refractivity contribution >= 4 is 5.91 Å². The van der Waals surface area contributed by atoms with E-state index in [1.54, 1.807) is 0 Å². The van der Waals surface area contributed by atoms with Crippen LogP contribution in [0.5, 0.6) is 0 Å². The van der Waals surface area contributed by atoms with Gasteiger partial charge in [-0.05, 0) is 26.3 Å². The summed E-state index contributed by atoms with van der Waals surface area (Å²) in [6.07, 6.45) is 2.42. The summed E-state index contributed by atoms with van der Waals surface area (Å²) in [5.74, 6) is 0.311. The van der Waals surface area contributed by atoms with Gasteiger partial charge in [0.05, 0.1) is 0 Å². The minimum atomic E-state index is -0.225. The SMILES string of the molecule is C[C@]1(C(=O)N2CC[C@]3(CCNC3)C2)CN1. The molecule has 15 heavy (non-hydrogen) atoms. The number of rotatable bonds is 1. The maximum absolute atomic E-state index is 12.1. The lowest BCUT2D eigenvalue weighted by molar-refractivity contribution is -0.132. The molecule has 3 fully saturated rings. The molecule has 3 rings (SSSR count). The van der Waals surface area contributed by atoms with Crippen LogP contribution in [0.2, 0.25) is 0 Å². The van der Waals surface area contributed by atoms with Gasteiger partial charge in [-0.2, -0.15) is 0 Å². The Morgan fingerprint density at radius 1 is 1.33 bits per heavy atom. The average Bonchev–Trinajstić information content (AvgIpc) is 2.71. The van der Waals surface area contributed by atoms with Crippen LogP contribution < -0.4 is 10.6 Å². The fraction of sp³-hybridized carbons (Fsp3) is 0.909. The fourth-order valence-electron chi connectivity index (χ4n) is 2.89. The zero-order chi connectivity index (χ0) is 10.5. The summed E-state index contributed by atoms with van der Waals surface area (Å²) in [6.45, 7) is 7.01. The molecule has 0 aromatic carbocycles. The summed E-state index contributed by atoms with van der Waals surface area (Å²) in [7, 11) is 0. The van der Waals surface area contributed by atoms with Gasteiger partial charge in [0.15, 0.2) is 0 Å². The Labute approximate surface area is 90.4 Å². The summed E-state index contributed by atoms with van der Waals surface area (Å²) >= 11 is 0. The predicted molar refractivity (Wildman–Crippen MR) is 57.5 cm³/mol. The number of likely N-dealkylation sites (tertiary alicyclic amines) is 1. The molecule has 3 aliphatic heterocycles. The Kier molecular flexibility index (Phi) is 1.89. The first-order chi connectivity index (χ1) is 7.14. The van der Waals surface area contributed by atoms with E-state index in [0.717, 1.165) is 32.7 Å². The smallest absolute Gasteiger partial charge is 0.243 e. The molecule has 4 nitrogen and oxygen atoms in total. The van der Waals surface area contributed by atoms with Crippen molar-refractivity contribution in [3.63, 3.8) is 0 Å². The molecule has 0 aliphatic carbocycles. The Balaban J connectivity index is 1.68. The highest BCUT2D eigenvalue weighted by atomic mass is 16.2. The topological polar surface area (TPSA) is 54.3 Å². The van der Waals surface area contributed by atoms with E-state index >= 15 is 0 Å². The molecule has 3 aliphatic rings. The summed E-state index contributed by atoms with van der Waals surface area (Å²) < 4.78 is 0. The number of hydrogen-bond acceptors (Lipinski definition) is 3. The third-order valence-electron chi connectivity index (χ3n) is 4.24. The van der Waals surface area contributed by atoms with E-state index in [1.165, 1.54) is 12.8 Å². The van der Waals surface area contributed by atoms with E-state index in [4.69, 9.17) is 0 Å². The van der Waals surface area contributed by atoms with Gasteiger partial charge in [-0.3, -0.25) is 4.79 Å². The maximum atomic E-state index is 12.1. The number of carbonyl (C=O) groups excluding carboxylic acids is 1. The van der Waals surface area contributed by atoms with Crippen molar-refractivity contribution in [3.05, 3.63) is 0 Å². The van der Waals surface area contributed by atoms with Gasteiger partial charge in [-0.1, -0.05) is 0 Å². The second-order valence-corrected chi connectivity index (χ2v) is 5.59. The van der Waals surface area contributed by atoms with E-state index in [-0.39, 0.29) is 5.54 Å². The van der Waals surface area contributed by atoms with Crippen molar-refractivity contribution in [2.75, 3.05) is 32.7 Å². The number of nitrogens with one attached hydrogen (secondary N) is 2. The molecule has 4 heteroatoms. The van der Waals surface area contributed by atoms with Crippen molar-refractivity contribution in [3.8, 4) is 0 Å². The third-order valence-corrected chi connectivity index (χ3v) is 4.24. The van der Waals surface area contributed by atoms with E-state index < -0.39 is 0 Å². The maximum Gasteiger partial charge on any atom is 0.243 e. The molecule has 1 amide bonds. The van der Waals surface area contributed by atoms with Gasteiger partial charge in [0.25, 0.3) is 0 Å². The van der Waals surface area contributed by atoms with Gasteiger partial charge >= 0.3 is 0 Å². The van der Waals surface area contributed by atoms with Crippen molar-refractivity contribution < 1.29 is 4.79 Å². The van der Waals surface area contributed by atoms with Crippen LogP contribution in [0.1, 0.15) is 19.8 Å². The van der Waals surface area contributed by atoms with Gasteiger partial charge in [-0.15, -0.1) is 0 Å². The van der Waals surface area contributed by atoms with E-state index in [9.17, 15) is 4.79 Å². The Bertz CT molecular complexity index is 292. The lowest BCUT2D eigenvalue weighted by Crippen LogP contribution is -2.41. The molecular weight excluding hydrogens is 190 g/mol. The first-order valence-corrected chi connectivity index (χ1v) is 5.89. The Morgan fingerprint density at radius 3 is 2.73 bits per heavy atom. The van der Waals surface area contributed by atoms with Crippen LogP contribution in [0.25, 0.3) is 0 Å². The summed E-state index contributed by atoms with van der Waals surface area (Å²) in [5.41, 5.74) is 0.179. The Hall–Kier alpha value is -0.610. The molecule has 2 N–H and O–H groups in total. The lowest BCUT2D eigenvalue weighted by Gasteiger charge is -2.24.